The lowest BCUT2D eigenvalue weighted by atomic mass is 10.1. The van der Waals surface area contributed by atoms with E-state index in [-0.39, 0.29) is 18.6 Å². The van der Waals surface area contributed by atoms with E-state index in [0.29, 0.717) is 30.9 Å². The Morgan fingerprint density at radius 2 is 2.04 bits per heavy atom. The second-order valence-electron chi connectivity index (χ2n) is 6.05. The maximum absolute atomic E-state index is 12.4. The second kappa shape index (κ2) is 7.00. The number of carboxylic acid groups (broad SMARTS) is 1. The first-order valence-corrected chi connectivity index (χ1v) is 8.00. The van der Waals surface area contributed by atoms with Crippen molar-refractivity contribution in [3.63, 3.8) is 0 Å². The molecular weight excluding hydrogens is 298 g/mol. The molecule has 124 valence electrons. The quantitative estimate of drug-likeness (QED) is 0.895. The van der Waals surface area contributed by atoms with Gasteiger partial charge in [-0.2, -0.15) is 0 Å². The predicted octanol–water partition coefficient (Wildman–Crippen LogP) is 1.79. The van der Waals surface area contributed by atoms with Gasteiger partial charge in [-0.3, -0.25) is 9.59 Å². The van der Waals surface area contributed by atoms with E-state index in [1.54, 1.807) is 29.2 Å². The fourth-order valence-electron chi connectivity index (χ4n) is 2.99. The molecular formula is C17H21NO5. The number of nitrogens with zero attached hydrogens (tertiary/aromatic N) is 1. The Balaban J connectivity index is 1.54. The average molecular weight is 319 g/mol. The molecule has 0 aromatic heterocycles. The van der Waals surface area contributed by atoms with Gasteiger partial charge in [0, 0.05) is 25.3 Å². The second-order valence-corrected chi connectivity index (χ2v) is 6.05. The number of amides is 1. The van der Waals surface area contributed by atoms with Crippen molar-refractivity contribution in [2.45, 2.75) is 25.4 Å². The number of hydrogen-bond acceptors (Lipinski definition) is 4. The Hall–Kier alpha value is -2.08. The van der Waals surface area contributed by atoms with E-state index in [1.165, 1.54) is 0 Å². The summed E-state index contributed by atoms with van der Waals surface area (Å²) >= 11 is 0. The highest BCUT2D eigenvalue weighted by atomic mass is 16.5. The van der Waals surface area contributed by atoms with Crippen LogP contribution in [0.3, 0.4) is 0 Å². The van der Waals surface area contributed by atoms with Gasteiger partial charge < -0.3 is 19.5 Å². The highest BCUT2D eigenvalue weighted by Crippen LogP contribution is 2.21. The van der Waals surface area contributed by atoms with Crippen molar-refractivity contribution in [1.29, 1.82) is 0 Å². The van der Waals surface area contributed by atoms with Gasteiger partial charge in [0.05, 0.1) is 12.0 Å². The van der Waals surface area contributed by atoms with Gasteiger partial charge in [-0.25, -0.2) is 0 Å². The molecule has 6 heteroatoms. The molecule has 23 heavy (non-hydrogen) atoms. The Kier molecular flexibility index (Phi) is 4.81. The van der Waals surface area contributed by atoms with Crippen LogP contribution < -0.4 is 4.74 Å². The van der Waals surface area contributed by atoms with Crippen molar-refractivity contribution < 1.29 is 24.2 Å². The molecule has 0 spiro atoms. The first-order valence-electron chi connectivity index (χ1n) is 8.00. The molecule has 1 amide bonds. The van der Waals surface area contributed by atoms with Crippen molar-refractivity contribution in [3.8, 4) is 5.75 Å². The van der Waals surface area contributed by atoms with Gasteiger partial charge >= 0.3 is 5.97 Å². The van der Waals surface area contributed by atoms with Crippen LogP contribution >= 0.6 is 0 Å². The van der Waals surface area contributed by atoms with Crippen LogP contribution in [0.2, 0.25) is 0 Å². The monoisotopic (exact) mass is 319 g/mol. The van der Waals surface area contributed by atoms with Crippen LogP contribution in [0.5, 0.6) is 5.75 Å². The van der Waals surface area contributed by atoms with Crippen LogP contribution in [0.15, 0.2) is 24.3 Å². The number of rotatable bonds is 5. The number of likely N-dealkylation sites (tertiary alicyclic amines) is 1. The average Bonchev–Trinajstić information content (AvgIpc) is 3.24. The van der Waals surface area contributed by atoms with Gasteiger partial charge in [0.15, 0.2) is 0 Å². The van der Waals surface area contributed by atoms with Crippen molar-refractivity contribution in [3.05, 3.63) is 29.8 Å². The van der Waals surface area contributed by atoms with Crippen LogP contribution in [0, 0.1) is 5.92 Å². The van der Waals surface area contributed by atoms with Gasteiger partial charge in [0.2, 0.25) is 0 Å². The number of carbonyl (C=O) groups excluding carboxylic acids is 1. The zero-order valence-electron chi connectivity index (χ0n) is 12.9. The molecule has 2 aliphatic rings. The lowest BCUT2D eigenvalue weighted by molar-refractivity contribution is -0.141. The maximum atomic E-state index is 12.4. The molecule has 0 saturated carbocycles. The lowest BCUT2D eigenvalue weighted by Crippen LogP contribution is -2.29. The summed E-state index contributed by atoms with van der Waals surface area (Å²) in [5.74, 6) is -0.701. The first kappa shape index (κ1) is 15.8. The standard InChI is InChI=1S/C17H21NO5/c19-16(18-8-7-13(10-18)17(20)21)12-3-5-14(6-4-12)23-11-15-2-1-9-22-15/h3-6,13,15H,1-2,7-11H2,(H,20,21)/t13-,15+/m1/s1. The fraction of sp³-hybridized carbons (Fsp3) is 0.529. The zero-order chi connectivity index (χ0) is 16.2. The summed E-state index contributed by atoms with van der Waals surface area (Å²) < 4.78 is 11.2. The molecule has 0 aliphatic carbocycles. The number of ether oxygens (including phenoxy) is 2. The van der Waals surface area contributed by atoms with Gasteiger partial charge in [-0.15, -0.1) is 0 Å². The van der Waals surface area contributed by atoms with Crippen LogP contribution in [-0.4, -0.2) is 54.3 Å². The molecule has 0 unspecified atom stereocenters. The summed E-state index contributed by atoms with van der Waals surface area (Å²) in [5.41, 5.74) is 0.556. The smallest absolute Gasteiger partial charge is 0.308 e. The highest BCUT2D eigenvalue weighted by molar-refractivity contribution is 5.94. The van der Waals surface area contributed by atoms with Crippen LogP contribution in [0.1, 0.15) is 29.6 Å². The molecule has 2 aliphatic heterocycles. The van der Waals surface area contributed by atoms with Gasteiger partial charge in [-0.05, 0) is 43.5 Å². The molecule has 2 atom stereocenters. The molecule has 1 aromatic carbocycles. The molecule has 6 nitrogen and oxygen atoms in total. The number of carboxylic acids is 1. The Bertz CT molecular complexity index is 565. The fourth-order valence-corrected chi connectivity index (χ4v) is 2.99. The summed E-state index contributed by atoms with van der Waals surface area (Å²) in [4.78, 5) is 24.9. The molecule has 2 fully saturated rings. The summed E-state index contributed by atoms with van der Waals surface area (Å²) in [7, 11) is 0. The zero-order valence-corrected chi connectivity index (χ0v) is 12.9. The summed E-state index contributed by atoms with van der Waals surface area (Å²) in [6, 6.07) is 6.99. The molecule has 3 rings (SSSR count). The number of benzene rings is 1. The van der Waals surface area contributed by atoms with Crippen LogP contribution in [0.4, 0.5) is 0 Å². The largest absolute Gasteiger partial charge is 0.491 e. The topological polar surface area (TPSA) is 76.1 Å². The van der Waals surface area contributed by atoms with E-state index in [2.05, 4.69) is 0 Å². The summed E-state index contributed by atoms with van der Waals surface area (Å²) in [6.45, 7) is 2.10. The Morgan fingerprint density at radius 1 is 1.26 bits per heavy atom. The molecule has 2 heterocycles. The Morgan fingerprint density at radius 3 is 2.65 bits per heavy atom. The Labute approximate surface area is 135 Å². The van der Waals surface area contributed by atoms with Gasteiger partial charge in [0.1, 0.15) is 12.4 Å². The van der Waals surface area contributed by atoms with Gasteiger partial charge in [0.25, 0.3) is 5.91 Å². The summed E-state index contributed by atoms with van der Waals surface area (Å²) in [6.07, 6.45) is 2.78. The minimum absolute atomic E-state index is 0.126. The van der Waals surface area contributed by atoms with E-state index < -0.39 is 11.9 Å². The van der Waals surface area contributed by atoms with E-state index in [0.717, 1.165) is 19.4 Å². The molecule has 0 bridgehead atoms. The SMILES string of the molecule is O=C(O)[C@@H]1CCN(C(=O)c2ccc(OC[C@@H]3CCCO3)cc2)C1. The lowest BCUT2D eigenvalue weighted by Gasteiger charge is -2.16. The third-order valence-electron chi connectivity index (χ3n) is 4.39. The molecule has 1 aromatic rings. The first-order chi connectivity index (χ1) is 11.1. The third kappa shape index (κ3) is 3.82. The van der Waals surface area contributed by atoms with E-state index >= 15 is 0 Å². The number of aliphatic carboxylic acids is 1. The van der Waals surface area contributed by atoms with Crippen molar-refractivity contribution in [2.24, 2.45) is 5.92 Å². The van der Waals surface area contributed by atoms with E-state index in [9.17, 15) is 9.59 Å². The normalized spacial score (nSPS) is 23.9. The van der Waals surface area contributed by atoms with Crippen molar-refractivity contribution in [2.75, 3.05) is 26.3 Å². The maximum Gasteiger partial charge on any atom is 0.308 e. The van der Waals surface area contributed by atoms with E-state index in [4.69, 9.17) is 14.6 Å². The van der Waals surface area contributed by atoms with Crippen LogP contribution in [0.25, 0.3) is 0 Å². The van der Waals surface area contributed by atoms with Crippen LogP contribution in [-0.2, 0) is 9.53 Å². The van der Waals surface area contributed by atoms with E-state index in [1.807, 2.05) is 0 Å². The van der Waals surface area contributed by atoms with Crippen molar-refractivity contribution in [1.82, 2.24) is 4.90 Å². The molecule has 2 saturated heterocycles. The molecule has 0 radical (unpaired) electrons. The minimum Gasteiger partial charge on any atom is -0.491 e. The molecule has 1 N–H and O–H groups in total. The number of carbonyl (C=O) groups is 2. The highest BCUT2D eigenvalue weighted by Gasteiger charge is 2.31. The number of hydrogen-bond donors (Lipinski definition) is 1. The minimum atomic E-state index is -0.835. The summed E-state index contributed by atoms with van der Waals surface area (Å²) in [5, 5.41) is 9.00. The third-order valence-corrected chi connectivity index (χ3v) is 4.39. The van der Waals surface area contributed by atoms with Crippen molar-refractivity contribution >= 4 is 11.9 Å². The van der Waals surface area contributed by atoms with Gasteiger partial charge in [-0.1, -0.05) is 0 Å². The predicted molar refractivity (Wildman–Crippen MR) is 82.6 cm³/mol.